The highest BCUT2D eigenvalue weighted by molar-refractivity contribution is 5.76. The molecule has 0 aliphatic carbocycles. The first-order valence-electron chi connectivity index (χ1n) is 6.29. The largest absolute Gasteiger partial charge is 0.356 e. The average molecular weight is 229 g/mol. The van der Waals surface area contributed by atoms with Gasteiger partial charge in [0.1, 0.15) is 0 Å². The number of hydrogen-bond acceptors (Lipinski definition) is 3. The first-order valence-corrected chi connectivity index (χ1v) is 6.29. The van der Waals surface area contributed by atoms with Crippen molar-refractivity contribution in [1.82, 2.24) is 10.2 Å². The number of nitrogens with one attached hydrogen (secondary N) is 1. The molecule has 0 heterocycles. The second kappa shape index (κ2) is 8.53. The molecule has 0 saturated heterocycles. The summed E-state index contributed by atoms with van der Waals surface area (Å²) in [7, 11) is 0. The second-order valence-electron chi connectivity index (χ2n) is 4.37. The van der Waals surface area contributed by atoms with E-state index in [1.807, 2.05) is 6.92 Å². The summed E-state index contributed by atoms with van der Waals surface area (Å²) in [5.74, 6) is 0.108. The highest BCUT2D eigenvalue weighted by atomic mass is 16.1. The van der Waals surface area contributed by atoms with Crippen LogP contribution in [0.15, 0.2) is 0 Å². The minimum atomic E-state index is 0.108. The standard InChI is InChI=1S/C12H27N3O/c1-5-7-14-12(16)8-11(9-13)15(6-2)10(3)4/h10-11H,5-9,13H2,1-4H3,(H,14,16). The monoisotopic (exact) mass is 229 g/mol. The van der Waals surface area contributed by atoms with Gasteiger partial charge in [0.05, 0.1) is 0 Å². The molecule has 3 N–H and O–H groups in total. The van der Waals surface area contributed by atoms with Gasteiger partial charge in [-0.25, -0.2) is 0 Å². The maximum atomic E-state index is 11.6. The summed E-state index contributed by atoms with van der Waals surface area (Å²) in [4.78, 5) is 13.9. The second-order valence-corrected chi connectivity index (χ2v) is 4.37. The summed E-state index contributed by atoms with van der Waals surface area (Å²) in [6, 6.07) is 0.583. The van der Waals surface area contributed by atoms with Crippen LogP contribution >= 0.6 is 0 Å². The number of nitrogens with two attached hydrogens (primary N) is 1. The average Bonchev–Trinajstić information content (AvgIpc) is 2.25. The topological polar surface area (TPSA) is 58.4 Å². The van der Waals surface area contributed by atoms with Gasteiger partial charge in [0, 0.05) is 31.6 Å². The lowest BCUT2D eigenvalue weighted by molar-refractivity contribution is -0.122. The zero-order valence-corrected chi connectivity index (χ0v) is 11.1. The molecule has 1 atom stereocenters. The van der Waals surface area contributed by atoms with Crippen LogP contribution in [0.3, 0.4) is 0 Å². The molecule has 1 unspecified atom stereocenters. The Bertz CT molecular complexity index is 195. The number of rotatable bonds is 8. The first-order chi connectivity index (χ1) is 7.56. The van der Waals surface area contributed by atoms with Crippen molar-refractivity contribution in [1.29, 1.82) is 0 Å². The molecule has 0 aromatic carbocycles. The quantitative estimate of drug-likeness (QED) is 0.652. The van der Waals surface area contributed by atoms with Crippen LogP contribution in [0.2, 0.25) is 0 Å². The van der Waals surface area contributed by atoms with Crippen molar-refractivity contribution in [2.24, 2.45) is 5.73 Å². The Morgan fingerprint density at radius 3 is 2.38 bits per heavy atom. The lowest BCUT2D eigenvalue weighted by atomic mass is 10.1. The normalized spacial score (nSPS) is 13.2. The van der Waals surface area contributed by atoms with Crippen molar-refractivity contribution in [2.45, 2.75) is 52.6 Å². The third-order valence-electron chi connectivity index (χ3n) is 2.76. The number of carbonyl (C=O) groups is 1. The van der Waals surface area contributed by atoms with Crippen molar-refractivity contribution in [3.8, 4) is 0 Å². The zero-order chi connectivity index (χ0) is 12.6. The highest BCUT2D eigenvalue weighted by Gasteiger charge is 2.20. The molecule has 0 fully saturated rings. The van der Waals surface area contributed by atoms with E-state index in [0.717, 1.165) is 19.5 Å². The molecule has 16 heavy (non-hydrogen) atoms. The maximum absolute atomic E-state index is 11.6. The van der Waals surface area contributed by atoms with Crippen molar-refractivity contribution in [3.63, 3.8) is 0 Å². The summed E-state index contributed by atoms with van der Waals surface area (Å²) in [6.07, 6.45) is 1.48. The Morgan fingerprint density at radius 1 is 1.38 bits per heavy atom. The molecule has 0 bridgehead atoms. The summed E-state index contributed by atoms with van der Waals surface area (Å²) in [5.41, 5.74) is 5.74. The van der Waals surface area contributed by atoms with E-state index >= 15 is 0 Å². The third kappa shape index (κ3) is 5.47. The number of amides is 1. The molecule has 0 aliphatic rings. The first kappa shape index (κ1) is 15.4. The van der Waals surface area contributed by atoms with Gasteiger partial charge in [-0.1, -0.05) is 13.8 Å². The van der Waals surface area contributed by atoms with Gasteiger partial charge in [-0.2, -0.15) is 0 Å². The Kier molecular flexibility index (Phi) is 8.21. The van der Waals surface area contributed by atoms with Gasteiger partial charge in [-0.15, -0.1) is 0 Å². The molecule has 1 amide bonds. The lowest BCUT2D eigenvalue weighted by Gasteiger charge is -2.32. The van der Waals surface area contributed by atoms with E-state index in [1.54, 1.807) is 0 Å². The van der Waals surface area contributed by atoms with Crippen LogP contribution in [-0.2, 0) is 4.79 Å². The Labute approximate surface area is 99.6 Å². The molecule has 0 aromatic rings. The van der Waals surface area contributed by atoms with Gasteiger partial charge in [0.25, 0.3) is 0 Å². The van der Waals surface area contributed by atoms with Crippen LogP contribution < -0.4 is 11.1 Å². The van der Waals surface area contributed by atoms with Gasteiger partial charge in [-0.3, -0.25) is 9.69 Å². The molecule has 96 valence electrons. The minimum Gasteiger partial charge on any atom is -0.356 e. The molecule has 4 nitrogen and oxygen atoms in total. The van der Waals surface area contributed by atoms with E-state index in [9.17, 15) is 4.79 Å². The summed E-state index contributed by atoms with van der Waals surface area (Å²) in [5, 5.41) is 2.89. The highest BCUT2D eigenvalue weighted by Crippen LogP contribution is 2.07. The Balaban J connectivity index is 4.21. The molecule has 0 spiro atoms. The molecular weight excluding hydrogens is 202 g/mol. The van der Waals surface area contributed by atoms with Crippen molar-refractivity contribution >= 4 is 5.91 Å². The molecule has 0 aromatic heterocycles. The van der Waals surface area contributed by atoms with Crippen LogP contribution in [0.4, 0.5) is 0 Å². The predicted molar refractivity (Wildman–Crippen MR) is 68.3 cm³/mol. The fraction of sp³-hybridized carbons (Fsp3) is 0.917. The van der Waals surface area contributed by atoms with Crippen molar-refractivity contribution in [2.75, 3.05) is 19.6 Å². The van der Waals surface area contributed by atoms with Crippen LogP contribution in [-0.4, -0.2) is 42.5 Å². The van der Waals surface area contributed by atoms with E-state index in [1.165, 1.54) is 0 Å². The summed E-state index contributed by atoms with van der Waals surface area (Å²) < 4.78 is 0. The number of nitrogens with zero attached hydrogens (tertiary/aromatic N) is 1. The van der Waals surface area contributed by atoms with E-state index in [4.69, 9.17) is 5.73 Å². The Hall–Kier alpha value is -0.610. The molecule has 0 radical (unpaired) electrons. The van der Waals surface area contributed by atoms with Gasteiger partial charge in [0.15, 0.2) is 0 Å². The lowest BCUT2D eigenvalue weighted by Crippen LogP contribution is -2.47. The summed E-state index contributed by atoms with van der Waals surface area (Å²) in [6.45, 7) is 10.6. The molecule has 0 aliphatic heterocycles. The zero-order valence-electron chi connectivity index (χ0n) is 11.1. The SMILES string of the molecule is CCCNC(=O)CC(CN)N(CC)C(C)C. The number of carbonyl (C=O) groups excluding carboxylic acids is 1. The fourth-order valence-electron chi connectivity index (χ4n) is 1.93. The molecular formula is C12H27N3O. The Morgan fingerprint density at radius 2 is 2.00 bits per heavy atom. The van der Waals surface area contributed by atoms with E-state index in [2.05, 4.69) is 31.0 Å². The van der Waals surface area contributed by atoms with Gasteiger partial charge < -0.3 is 11.1 Å². The van der Waals surface area contributed by atoms with Crippen LogP contribution in [0.25, 0.3) is 0 Å². The van der Waals surface area contributed by atoms with Gasteiger partial charge >= 0.3 is 0 Å². The molecule has 0 saturated carbocycles. The number of hydrogen-bond donors (Lipinski definition) is 2. The van der Waals surface area contributed by atoms with Crippen LogP contribution in [0.1, 0.15) is 40.5 Å². The van der Waals surface area contributed by atoms with Gasteiger partial charge in [-0.05, 0) is 26.8 Å². The smallest absolute Gasteiger partial charge is 0.221 e. The van der Waals surface area contributed by atoms with E-state index in [0.29, 0.717) is 19.0 Å². The van der Waals surface area contributed by atoms with Gasteiger partial charge in [0.2, 0.25) is 5.91 Å². The van der Waals surface area contributed by atoms with Crippen molar-refractivity contribution in [3.05, 3.63) is 0 Å². The van der Waals surface area contributed by atoms with E-state index in [-0.39, 0.29) is 11.9 Å². The fourth-order valence-corrected chi connectivity index (χ4v) is 1.93. The van der Waals surface area contributed by atoms with Crippen LogP contribution in [0, 0.1) is 0 Å². The van der Waals surface area contributed by atoms with Crippen molar-refractivity contribution < 1.29 is 4.79 Å². The van der Waals surface area contributed by atoms with Crippen LogP contribution in [0.5, 0.6) is 0 Å². The number of likely N-dealkylation sites (N-methyl/N-ethyl adjacent to an activating group) is 1. The molecule has 0 rings (SSSR count). The predicted octanol–water partition coefficient (Wildman–Crippen LogP) is 0.960. The molecule has 4 heteroatoms. The third-order valence-corrected chi connectivity index (χ3v) is 2.76. The minimum absolute atomic E-state index is 0.108. The summed E-state index contributed by atoms with van der Waals surface area (Å²) >= 11 is 0. The van der Waals surface area contributed by atoms with E-state index < -0.39 is 0 Å². The maximum Gasteiger partial charge on any atom is 0.221 e.